The molecule has 0 saturated carbocycles. The number of hydrogen-bond acceptors (Lipinski definition) is 5. The Labute approximate surface area is 119 Å². The zero-order valence-electron chi connectivity index (χ0n) is 12.1. The third-order valence-electron chi connectivity index (χ3n) is 4.23. The molecule has 1 saturated heterocycles. The van der Waals surface area contributed by atoms with Crippen molar-refractivity contribution in [3.05, 3.63) is 27.9 Å². The van der Waals surface area contributed by atoms with E-state index in [1.807, 2.05) is 0 Å². The third-order valence-corrected chi connectivity index (χ3v) is 4.23. The van der Waals surface area contributed by atoms with Gasteiger partial charge in [0.05, 0.1) is 11.0 Å². The van der Waals surface area contributed by atoms with E-state index in [1.165, 1.54) is 0 Å². The molecule has 2 atom stereocenters. The Hall–Kier alpha value is -1.69. The Morgan fingerprint density at radius 1 is 1.60 bits per heavy atom. The summed E-state index contributed by atoms with van der Waals surface area (Å²) in [4.78, 5) is 17.2. The fraction of sp³-hybridized carbons (Fsp3) is 0.643. The largest absolute Gasteiger partial charge is 0.352 e. The maximum absolute atomic E-state index is 11.0. The van der Waals surface area contributed by atoms with Gasteiger partial charge in [-0.05, 0) is 25.7 Å². The lowest BCUT2D eigenvalue weighted by Gasteiger charge is -2.39. The highest BCUT2D eigenvalue weighted by molar-refractivity contribution is 5.51. The molecule has 6 heteroatoms. The van der Waals surface area contributed by atoms with Gasteiger partial charge in [0, 0.05) is 30.9 Å². The van der Waals surface area contributed by atoms with Gasteiger partial charge in [0.2, 0.25) is 0 Å². The fourth-order valence-corrected chi connectivity index (χ4v) is 2.89. The summed E-state index contributed by atoms with van der Waals surface area (Å²) in [7, 11) is 0. The highest BCUT2D eigenvalue weighted by atomic mass is 16.6. The zero-order valence-corrected chi connectivity index (χ0v) is 12.1. The van der Waals surface area contributed by atoms with E-state index in [0.29, 0.717) is 23.8 Å². The van der Waals surface area contributed by atoms with Gasteiger partial charge in [0.25, 0.3) is 5.69 Å². The molecule has 20 heavy (non-hydrogen) atoms. The Morgan fingerprint density at radius 3 is 2.95 bits per heavy atom. The third kappa shape index (κ3) is 2.90. The van der Waals surface area contributed by atoms with Crippen molar-refractivity contribution in [3.8, 4) is 0 Å². The van der Waals surface area contributed by atoms with Gasteiger partial charge in [-0.25, -0.2) is 4.98 Å². The van der Waals surface area contributed by atoms with Crippen LogP contribution in [0, 0.1) is 23.0 Å². The summed E-state index contributed by atoms with van der Waals surface area (Å²) >= 11 is 0. The molecular formula is C14H22N4O2. The average molecular weight is 278 g/mol. The van der Waals surface area contributed by atoms with Crippen molar-refractivity contribution in [2.24, 2.45) is 11.7 Å². The second-order valence-corrected chi connectivity index (χ2v) is 5.47. The summed E-state index contributed by atoms with van der Waals surface area (Å²) in [6.45, 7) is 5.33. The number of rotatable bonds is 4. The van der Waals surface area contributed by atoms with Crippen molar-refractivity contribution >= 4 is 11.5 Å². The molecule has 1 fully saturated rings. The first kappa shape index (κ1) is 14.7. The molecule has 0 bridgehead atoms. The summed E-state index contributed by atoms with van der Waals surface area (Å²) in [5, 5.41) is 11.0. The maximum atomic E-state index is 11.0. The molecular weight excluding hydrogens is 256 g/mol. The van der Waals surface area contributed by atoms with Crippen LogP contribution in [0.3, 0.4) is 0 Å². The van der Waals surface area contributed by atoms with Gasteiger partial charge in [-0.15, -0.1) is 0 Å². The number of pyridine rings is 1. The van der Waals surface area contributed by atoms with Gasteiger partial charge >= 0.3 is 0 Å². The van der Waals surface area contributed by atoms with E-state index in [0.717, 1.165) is 25.8 Å². The molecule has 1 aromatic heterocycles. The van der Waals surface area contributed by atoms with Crippen LogP contribution in [0.4, 0.5) is 11.5 Å². The molecule has 2 N–H and O–H groups in total. The fourth-order valence-electron chi connectivity index (χ4n) is 2.89. The van der Waals surface area contributed by atoms with Crippen LogP contribution in [0.25, 0.3) is 0 Å². The predicted molar refractivity (Wildman–Crippen MR) is 78.8 cm³/mol. The number of anilines is 1. The zero-order chi connectivity index (χ0) is 14.7. The van der Waals surface area contributed by atoms with E-state index < -0.39 is 0 Å². The van der Waals surface area contributed by atoms with Crippen LogP contribution in [-0.4, -0.2) is 29.0 Å². The van der Waals surface area contributed by atoms with Crippen molar-refractivity contribution in [3.63, 3.8) is 0 Å². The van der Waals surface area contributed by atoms with E-state index >= 15 is 0 Å². The monoisotopic (exact) mass is 278 g/mol. The lowest BCUT2D eigenvalue weighted by molar-refractivity contribution is -0.385. The van der Waals surface area contributed by atoms with Crippen LogP contribution in [-0.2, 0) is 0 Å². The van der Waals surface area contributed by atoms with Crippen LogP contribution in [0.2, 0.25) is 0 Å². The number of aryl methyl sites for hydroxylation is 1. The predicted octanol–water partition coefficient (Wildman–Crippen LogP) is 2.25. The van der Waals surface area contributed by atoms with Crippen molar-refractivity contribution in [1.29, 1.82) is 0 Å². The first-order valence-corrected chi connectivity index (χ1v) is 7.14. The molecule has 2 unspecified atom stereocenters. The normalized spacial score (nSPS) is 22.9. The highest BCUT2D eigenvalue weighted by Crippen LogP contribution is 2.30. The molecule has 0 amide bonds. The summed E-state index contributed by atoms with van der Waals surface area (Å²) in [6.07, 6.45) is 4.87. The standard InChI is InChI=1S/C14H22N4O2/c1-3-11-4-5-17(12(6-11)8-15)14-7-13(18(19)20)10(2)9-16-14/h7,9,11-12H,3-6,8,15H2,1-2H3. The van der Waals surface area contributed by atoms with E-state index in [1.54, 1.807) is 19.2 Å². The van der Waals surface area contributed by atoms with Crippen LogP contribution < -0.4 is 10.6 Å². The Balaban J connectivity index is 2.26. The van der Waals surface area contributed by atoms with E-state index in [2.05, 4.69) is 16.8 Å². The first-order valence-electron chi connectivity index (χ1n) is 7.14. The van der Waals surface area contributed by atoms with E-state index in [9.17, 15) is 10.1 Å². The van der Waals surface area contributed by atoms with Crippen molar-refractivity contribution in [2.45, 2.75) is 39.2 Å². The number of aromatic nitrogens is 1. The molecule has 1 aliphatic heterocycles. The van der Waals surface area contributed by atoms with Gasteiger partial charge in [-0.3, -0.25) is 10.1 Å². The first-order chi connectivity index (χ1) is 9.56. The molecule has 1 aromatic rings. The molecule has 0 aliphatic carbocycles. The quantitative estimate of drug-likeness (QED) is 0.674. The van der Waals surface area contributed by atoms with Crippen LogP contribution in [0.5, 0.6) is 0 Å². The number of piperidine rings is 1. The summed E-state index contributed by atoms with van der Waals surface area (Å²) in [5.74, 6) is 1.37. The number of nitro groups is 1. The number of hydrogen-bond donors (Lipinski definition) is 1. The van der Waals surface area contributed by atoms with Crippen LogP contribution in [0.15, 0.2) is 12.3 Å². The molecule has 110 valence electrons. The lowest BCUT2D eigenvalue weighted by Crippen LogP contribution is -2.47. The van der Waals surface area contributed by atoms with Crippen molar-refractivity contribution < 1.29 is 4.92 Å². The van der Waals surface area contributed by atoms with Gasteiger partial charge in [0.1, 0.15) is 5.82 Å². The highest BCUT2D eigenvalue weighted by Gasteiger charge is 2.28. The molecule has 2 rings (SSSR count). The van der Waals surface area contributed by atoms with Gasteiger partial charge in [-0.1, -0.05) is 13.3 Å². The summed E-state index contributed by atoms with van der Waals surface area (Å²) in [6, 6.07) is 1.80. The number of nitrogens with two attached hydrogens (primary N) is 1. The van der Waals surface area contributed by atoms with Crippen molar-refractivity contribution in [2.75, 3.05) is 18.0 Å². The van der Waals surface area contributed by atoms with Gasteiger partial charge < -0.3 is 10.6 Å². The topological polar surface area (TPSA) is 85.3 Å². The smallest absolute Gasteiger partial charge is 0.277 e. The molecule has 6 nitrogen and oxygen atoms in total. The second kappa shape index (κ2) is 6.17. The lowest BCUT2D eigenvalue weighted by atomic mass is 9.89. The Morgan fingerprint density at radius 2 is 2.35 bits per heavy atom. The van der Waals surface area contributed by atoms with Crippen LogP contribution >= 0.6 is 0 Å². The second-order valence-electron chi connectivity index (χ2n) is 5.47. The minimum atomic E-state index is -0.350. The Kier molecular flexibility index (Phi) is 4.54. The van der Waals surface area contributed by atoms with E-state index in [4.69, 9.17) is 5.73 Å². The number of nitrogens with zero attached hydrogens (tertiary/aromatic N) is 3. The molecule has 1 aliphatic rings. The Bertz CT molecular complexity index is 492. The molecule has 0 aromatic carbocycles. The molecule has 0 spiro atoms. The molecule has 0 radical (unpaired) electrons. The van der Waals surface area contributed by atoms with Crippen molar-refractivity contribution in [1.82, 2.24) is 4.98 Å². The van der Waals surface area contributed by atoms with Gasteiger partial charge in [0.15, 0.2) is 0 Å². The average Bonchev–Trinajstić information content (AvgIpc) is 2.46. The SMILES string of the molecule is CCC1CCN(c2cc([N+](=O)[O-])c(C)cn2)C(CN)C1. The van der Waals surface area contributed by atoms with E-state index in [-0.39, 0.29) is 16.7 Å². The van der Waals surface area contributed by atoms with Gasteiger partial charge in [-0.2, -0.15) is 0 Å². The minimum Gasteiger partial charge on any atom is -0.352 e. The summed E-state index contributed by atoms with van der Waals surface area (Å²) < 4.78 is 0. The minimum absolute atomic E-state index is 0.128. The molecule has 2 heterocycles. The maximum Gasteiger partial charge on any atom is 0.277 e. The van der Waals surface area contributed by atoms with Crippen LogP contribution in [0.1, 0.15) is 31.7 Å². The summed E-state index contributed by atoms with van der Waals surface area (Å²) in [5.41, 5.74) is 6.59.